The van der Waals surface area contributed by atoms with Crippen molar-refractivity contribution in [3.8, 4) is 5.88 Å². The number of halogens is 2. The molecule has 2 heterocycles. The lowest BCUT2D eigenvalue weighted by molar-refractivity contribution is 0.0838. The van der Waals surface area contributed by atoms with E-state index in [1.807, 2.05) is 0 Å². The molecule has 4 rings (SSSR count). The number of ether oxygens (including phenoxy) is 1. The van der Waals surface area contributed by atoms with Gasteiger partial charge in [0.2, 0.25) is 5.82 Å². The fourth-order valence-electron chi connectivity index (χ4n) is 3.68. The zero-order valence-electron chi connectivity index (χ0n) is 13.9. The van der Waals surface area contributed by atoms with E-state index in [0.717, 1.165) is 25.9 Å². The second kappa shape index (κ2) is 7.06. The number of hydrogen-bond donors (Lipinski definition) is 2. The summed E-state index contributed by atoms with van der Waals surface area (Å²) in [6.45, 7) is 8.78. The molecule has 6 nitrogen and oxygen atoms in total. The summed E-state index contributed by atoms with van der Waals surface area (Å²) >= 11 is 6.14. The van der Waals surface area contributed by atoms with Gasteiger partial charge in [-0.1, -0.05) is 17.7 Å². The Hall–Kier alpha value is -2.43. The Morgan fingerprint density at radius 2 is 2.04 bits per heavy atom. The van der Waals surface area contributed by atoms with Crippen LogP contribution >= 0.6 is 11.6 Å². The fourth-order valence-corrected chi connectivity index (χ4v) is 3.90. The Morgan fingerprint density at radius 3 is 2.73 bits per heavy atom. The molecule has 2 atom stereocenters. The lowest BCUT2D eigenvalue weighted by atomic mass is 9.96. The lowest BCUT2D eigenvalue weighted by Gasteiger charge is -2.30. The van der Waals surface area contributed by atoms with Crippen molar-refractivity contribution in [2.45, 2.75) is 18.9 Å². The highest BCUT2D eigenvalue weighted by Gasteiger charge is 2.41. The molecular formula is C18H17ClFN5O. The number of anilines is 2. The first-order chi connectivity index (χ1) is 12.7. The number of piperidine rings is 1. The maximum Gasteiger partial charge on any atom is 0.256 e. The molecule has 8 heteroatoms. The van der Waals surface area contributed by atoms with Crippen LogP contribution in [0.5, 0.6) is 5.88 Å². The molecule has 0 radical (unpaired) electrons. The second-order valence-corrected chi connectivity index (χ2v) is 6.99. The third kappa shape index (κ3) is 3.18. The lowest BCUT2D eigenvalue weighted by Crippen LogP contribution is -2.44. The minimum atomic E-state index is -0.643. The molecule has 2 fully saturated rings. The Morgan fingerprint density at radius 1 is 1.27 bits per heavy atom. The Bertz CT molecular complexity index is 855. The van der Waals surface area contributed by atoms with Gasteiger partial charge in [0.05, 0.1) is 17.3 Å². The Balaban J connectivity index is 1.55. The third-order valence-electron chi connectivity index (χ3n) is 4.99. The molecule has 1 aliphatic heterocycles. The van der Waals surface area contributed by atoms with Crippen molar-refractivity contribution in [3.63, 3.8) is 0 Å². The van der Waals surface area contributed by atoms with Crippen LogP contribution in [0.15, 0.2) is 24.5 Å². The smallest absolute Gasteiger partial charge is 0.256 e. The average Bonchev–Trinajstić information content (AvgIpc) is 2.86. The van der Waals surface area contributed by atoms with Crippen molar-refractivity contribution in [2.75, 3.05) is 18.4 Å². The highest BCUT2D eigenvalue weighted by molar-refractivity contribution is 6.33. The molecule has 1 saturated carbocycles. The summed E-state index contributed by atoms with van der Waals surface area (Å²) < 4.78 is 20.8. The zero-order valence-corrected chi connectivity index (χ0v) is 14.6. The Kier molecular flexibility index (Phi) is 4.62. The summed E-state index contributed by atoms with van der Waals surface area (Å²) in [5.74, 6) is 0.0787. The molecule has 1 aliphatic carbocycles. The van der Waals surface area contributed by atoms with Crippen LogP contribution in [0.3, 0.4) is 0 Å². The summed E-state index contributed by atoms with van der Waals surface area (Å²) in [4.78, 5) is 11.2. The van der Waals surface area contributed by atoms with Crippen LogP contribution in [0.4, 0.5) is 21.6 Å². The van der Waals surface area contributed by atoms with Gasteiger partial charge in [-0.15, -0.1) is 0 Å². The van der Waals surface area contributed by atoms with Crippen molar-refractivity contribution >= 4 is 28.8 Å². The Labute approximate surface area is 155 Å². The number of nitrogens with one attached hydrogen (secondary N) is 2. The van der Waals surface area contributed by atoms with Crippen molar-refractivity contribution in [2.24, 2.45) is 11.8 Å². The van der Waals surface area contributed by atoms with E-state index in [-0.39, 0.29) is 17.8 Å². The number of rotatable bonds is 4. The van der Waals surface area contributed by atoms with Gasteiger partial charge in [0, 0.05) is 24.9 Å². The van der Waals surface area contributed by atoms with Crippen LogP contribution in [-0.4, -0.2) is 29.2 Å². The van der Waals surface area contributed by atoms with E-state index in [4.69, 9.17) is 22.9 Å². The van der Waals surface area contributed by atoms with Crippen LogP contribution in [0.25, 0.3) is 4.85 Å². The second-order valence-electron chi connectivity index (χ2n) is 6.58. The van der Waals surface area contributed by atoms with E-state index in [1.165, 1.54) is 12.4 Å². The molecule has 2 aliphatic rings. The van der Waals surface area contributed by atoms with Gasteiger partial charge in [0.1, 0.15) is 12.4 Å². The molecule has 2 unspecified atom stereocenters. The van der Waals surface area contributed by atoms with Gasteiger partial charge in [-0.05, 0) is 25.0 Å². The molecule has 2 N–H and O–H groups in total. The van der Waals surface area contributed by atoms with Crippen LogP contribution in [0.2, 0.25) is 5.02 Å². The third-order valence-corrected chi connectivity index (χ3v) is 5.30. The first-order valence-electron chi connectivity index (χ1n) is 8.47. The first kappa shape index (κ1) is 17.0. The predicted molar refractivity (Wildman–Crippen MR) is 96.5 cm³/mol. The van der Waals surface area contributed by atoms with Crippen molar-refractivity contribution in [1.29, 1.82) is 0 Å². The SMILES string of the molecule is [C-]#[N+]c1ccc(Nc2ncnc(OC3C4CCC3CNC4)c2F)c(Cl)c1. The van der Waals surface area contributed by atoms with Gasteiger partial charge in [-0.2, -0.15) is 9.37 Å². The van der Waals surface area contributed by atoms with Crippen LogP contribution in [0.1, 0.15) is 12.8 Å². The fraction of sp³-hybridized carbons (Fsp3) is 0.389. The quantitative estimate of drug-likeness (QED) is 0.795. The van der Waals surface area contributed by atoms with E-state index in [1.54, 1.807) is 12.1 Å². The van der Waals surface area contributed by atoms with E-state index in [2.05, 4.69) is 25.4 Å². The topological polar surface area (TPSA) is 63.4 Å². The minimum Gasteiger partial charge on any atom is -0.471 e. The molecular weight excluding hydrogens is 357 g/mol. The van der Waals surface area contributed by atoms with Crippen molar-refractivity contribution in [3.05, 3.63) is 46.8 Å². The molecule has 134 valence electrons. The standard InChI is InChI=1S/C18H17ClFN5O/c1-21-12-4-5-14(13(19)6-12)25-17-15(20)18(24-9-23-17)26-16-10-2-3-11(16)8-22-7-10/h4-6,9-11,16,22H,2-3,7-8H2,(H,23,24,25). The van der Waals surface area contributed by atoms with Crippen LogP contribution in [0, 0.1) is 24.2 Å². The van der Waals surface area contributed by atoms with Gasteiger partial charge in [0.15, 0.2) is 11.5 Å². The average molecular weight is 374 g/mol. The van der Waals surface area contributed by atoms with E-state index in [9.17, 15) is 4.39 Å². The first-order valence-corrected chi connectivity index (χ1v) is 8.85. The molecule has 1 saturated heterocycles. The normalized spacial score (nSPS) is 24.1. The van der Waals surface area contributed by atoms with Crippen LogP contribution < -0.4 is 15.4 Å². The highest BCUT2D eigenvalue weighted by atomic mass is 35.5. The van der Waals surface area contributed by atoms with Gasteiger partial charge < -0.3 is 15.4 Å². The summed E-state index contributed by atoms with van der Waals surface area (Å²) in [5, 5.41) is 6.55. The molecule has 2 aromatic rings. The van der Waals surface area contributed by atoms with E-state index in [0.29, 0.717) is 28.2 Å². The zero-order chi connectivity index (χ0) is 18.1. The summed E-state index contributed by atoms with van der Waals surface area (Å²) in [5.41, 5.74) is 0.874. The van der Waals surface area contributed by atoms with Crippen LogP contribution in [-0.2, 0) is 0 Å². The van der Waals surface area contributed by atoms with Gasteiger partial charge in [-0.25, -0.2) is 9.83 Å². The van der Waals surface area contributed by atoms with Crippen molar-refractivity contribution in [1.82, 2.24) is 15.3 Å². The number of hydrogen-bond acceptors (Lipinski definition) is 5. The molecule has 1 aromatic carbocycles. The van der Waals surface area contributed by atoms with Gasteiger partial charge in [0.25, 0.3) is 5.88 Å². The van der Waals surface area contributed by atoms with E-state index < -0.39 is 5.82 Å². The molecule has 0 spiro atoms. The number of aromatic nitrogens is 2. The maximum absolute atomic E-state index is 14.8. The molecule has 2 bridgehead atoms. The predicted octanol–water partition coefficient (Wildman–Crippen LogP) is 3.94. The summed E-state index contributed by atoms with van der Waals surface area (Å²) in [6.07, 6.45) is 3.42. The molecule has 26 heavy (non-hydrogen) atoms. The van der Waals surface area contributed by atoms with Crippen molar-refractivity contribution < 1.29 is 9.13 Å². The summed E-state index contributed by atoms with van der Waals surface area (Å²) in [6, 6.07) is 4.73. The maximum atomic E-state index is 14.8. The minimum absolute atomic E-state index is 0.00579. The molecule has 0 amide bonds. The molecule has 1 aromatic heterocycles. The number of benzene rings is 1. The summed E-state index contributed by atoms with van der Waals surface area (Å²) in [7, 11) is 0. The highest BCUT2D eigenvalue weighted by Crippen LogP contribution is 2.37. The van der Waals surface area contributed by atoms with Gasteiger partial charge in [-0.3, -0.25) is 0 Å². The number of nitrogens with zero attached hydrogens (tertiary/aromatic N) is 3. The van der Waals surface area contributed by atoms with E-state index >= 15 is 0 Å². The largest absolute Gasteiger partial charge is 0.471 e. The number of fused-ring (bicyclic) bond motifs is 2. The van der Waals surface area contributed by atoms with Gasteiger partial charge >= 0.3 is 0 Å². The monoisotopic (exact) mass is 373 g/mol.